The Morgan fingerprint density at radius 1 is 1.18 bits per heavy atom. The van der Waals surface area contributed by atoms with E-state index in [-0.39, 0.29) is 19.4 Å². The Balaban J connectivity index is 2.27. The highest BCUT2D eigenvalue weighted by atomic mass is 35.5. The molecule has 0 saturated heterocycles. The zero-order valence-electron chi connectivity index (χ0n) is 12.9. The van der Waals surface area contributed by atoms with Gasteiger partial charge in [-0.25, -0.2) is 0 Å². The second-order valence-electron chi connectivity index (χ2n) is 4.83. The predicted octanol–water partition coefficient (Wildman–Crippen LogP) is 4.23. The first kappa shape index (κ1) is 18.2. The van der Waals surface area contributed by atoms with Gasteiger partial charge in [0.2, 0.25) is 0 Å². The maximum Gasteiger partial charge on any atom is 0.311 e. The van der Waals surface area contributed by atoms with Crippen LogP contribution in [0, 0.1) is 6.92 Å². The molecule has 22 heavy (non-hydrogen) atoms. The van der Waals surface area contributed by atoms with Crippen LogP contribution in [-0.4, -0.2) is 18.5 Å². The molecule has 0 aliphatic rings. The number of esters is 2. The lowest BCUT2D eigenvalue weighted by Gasteiger charge is -2.06. The molecule has 0 bridgehead atoms. The quantitative estimate of drug-likeness (QED) is 0.408. The van der Waals surface area contributed by atoms with Crippen molar-refractivity contribution in [3.8, 4) is 5.75 Å². The summed E-state index contributed by atoms with van der Waals surface area (Å²) in [6.07, 6.45) is 5.78. The van der Waals surface area contributed by atoms with Crippen LogP contribution >= 0.6 is 11.6 Å². The molecule has 0 atom stereocenters. The molecule has 120 valence electrons. The average molecular weight is 325 g/mol. The monoisotopic (exact) mass is 324 g/mol. The van der Waals surface area contributed by atoms with Crippen molar-refractivity contribution in [3.05, 3.63) is 40.9 Å². The van der Waals surface area contributed by atoms with Crippen LogP contribution < -0.4 is 4.74 Å². The minimum Gasteiger partial charge on any atom is -0.461 e. The smallest absolute Gasteiger partial charge is 0.311 e. The van der Waals surface area contributed by atoms with E-state index in [4.69, 9.17) is 21.1 Å². The van der Waals surface area contributed by atoms with Crippen molar-refractivity contribution >= 4 is 23.5 Å². The normalized spacial score (nSPS) is 10.7. The molecule has 0 spiro atoms. The highest BCUT2D eigenvalue weighted by molar-refractivity contribution is 6.31. The molecule has 1 aromatic carbocycles. The number of halogens is 1. The van der Waals surface area contributed by atoms with E-state index in [1.807, 2.05) is 13.0 Å². The largest absolute Gasteiger partial charge is 0.461 e. The summed E-state index contributed by atoms with van der Waals surface area (Å²) in [5.74, 6) is -0.464. The maximum atomic E-state index is 11.7. The molecule has 4 nitrogen and oxygen atoms in total. The predicted molar refractivity (Wildman–Crippen MR) is 86.1 cm³/mol. The lowest BCUT2D eigenvalue weighted by atomic mass is 10.2. The van der Waals surface area contributed by atoms with E-state index in [0.29, 0.717) is 10.8 Å². The van der Waals surface area contributed by atoms with Gasteiger partial charge in [-0.05, 0) is 37.1 Å². The second-order valence-corrected chi connectivity index (χ2v) is 5.24. The van der Waals surface area contributed by atoms with Crippen molar-refractivity contribution in [1.29, 1.82) is 0 Å². The van der Waals surface area contributed by atoms with Gasteiger partial charge in [0, 0.05) is 5.02 Å². The summed E-state index contributed by atoms with van der Waals surface area (Å²) in [7, 11) is 0. The van der Waals surface area contributed by atoms with Crippen LogP contribution in [0.25, 0.3) is 0 Å². The van der Waals surface area contributed by atoms with Crippen LogP contribution in [0.5, 0.6) is 5.75 Å². The number of carbonyl (C=O) groups is 2. The van der Waals surface area contributed by atoms with Gasteiger partial charge >= 0.3 is 11.9 Å². The molecular formula is C17H21ClO4. The van der Waals surface area contributed by atoms with Crippen LogP contribution in [0.4, 0.5) is 0 Å². The molecule has 0 aliphatic carbocycles. The Bertz CT molecular complexity index is 537. The second kappa shape index (κ2) is 10.0. The summed E-state index contributed by atoms with van der Waals surface area (Å²) in [4.78, 5) is 23.1. The van der Waals surface area contributed by atoms with Crippen LogP contribution in [0.15, 0.2) is 30.4 Å². The van der Waals surface area contributed by atoms with Crippen LogP contribution in [0.2, 0.25) is 5.02 Å². The summed E-state index contributed by atoms with van der Waals surface area (Å²) < 4.78 is 10.1. The summed E-state index contributed by atoms with van der Waals surface area (Å²) >= 11 is 5.89. The van der Waals surface area contributed by atoms with Gasteiger partial charge in [0.15, 0.2) is 0 Å². The van der Waals surface area contributed by atoms with E-state index >= 15 is 0 Å². The summed E-state index contributed by atoms with van der Waals surface area (Å²) in [6, 6.07) is 4.96. The number of allylic oxidation sites excluding steroid dienone is 1. The Morgan fingerprint density at radius 2 is 1.91 bits per heavy atom. The number of hydrogen-bond donors (Lipinski definition) is 0. The van der Waals surface area contributed by atoms with E-state index in [1.165, 1.54) is 0 Å². The number of unbranched alkanes of at least 4 members (excludes halogenated alkanes) is 1. The standard InChI is InChI=1S/C17H21ClO4/c1-3-4-5-6-11-21-16(19)9-10-17(20)22-14-7-8-15(18)13(2)12-14/h5-8,12H,3-4,9-11H2,1-2H3/b6-5-. The molecule has 0 saturated carbocycles. The first-order valence-electron chi connectivity index (χ1n) is 7.30. The summed E-state index contributed by atoms with van der Waals surface area (Å²) in [6.45, 7) is 4.14. The van der Waals surface area contributed by atoms with Crippen molar-refractivity contribution in [2.24, 2.45) is 0 Å². The van der Waals surface area contributed by atoms with Crippen LogP contribution in [0.3, 0.4) is 0 Å². The van der Waals surface area contributed by atoms with Crippen molar-refractivity contribution in [3.63, 3.8) is 0 Å². The molecule has 0 radical (unpaired) electrons. The Morgan fingerprint density at radius 3 is 2.59 bits per heavy atom. The molecule has 0 unspecified atom stereocenters. The molecule has 1 rings (SSSR count). The first-order valence-corrected chi connectivity index (χ1v) is 7.68. The number of benzene rings is 1. The van der Waals surface area contributed by atoms with E-state index in [9.17, 15) is 9.59 Å². The topological polar surface area (TPSA) is 52.6 Å². The van der Waals surface area contributed by atoms with Gasteiger partial charge < -0.3 is 9.47 Å². The van der Waals surface area contributed by atoms with Crippen LogP contribution in [0.1, 0.15) is 38.2 Å². The zero-order chi connectivity index (χ0) is 16.4. The minimum atomic E-state index is -0.472. The van der Waals surface area contributed by atoms with E-state index in [2.05, 4.69) is 6.92 Å². The van der Waals surface area contributed by atoms with Crippen molar-refractivity contribution in [1.82, 2.24) is 0 Å². The minimum absolute atomic E-state index is 0.00697. The molecule has 0 amide bonds. The summed E-state index contributed by atoms with van der Waals surface area (Å²) in [5, 5.41) is 0.611. The third-order valence-corrected chi connectivity index (χ3v) is 3.28. The molecule has 1 aromatic rings. The molecule has 0 fully saturated rings. The highest BCUT2D eigenvalue weighted by Gasteiger charge is 2.10. The molecule has 0 N–H and O–H groups in total. The number of ether oxygens (including phenoxy) is 2. The SMILES string of the molecule is CCC/C=C\COC(=O)CCC(=O)Oc1ccc(Cl)c(C)c1. The fourth-order valence-electron chi connectivity index (χ4n) is 1.63. The van der Waals surface area contributed by atoms with Crippen molar-refractivity contribution in [2.75, 3.05) is 6.61 Å². The van der Waals surface area contributed by atoms with E-state index in [1.54, 1.807) is 24.3 Å². The van der Waals surface area contributed by atoms with E-state index < -0.39 is 11.9 Å². The highest BCUT2D eigenvalue weighted by Crippen LogP contribution is 2.21. The van der Waals surface area contributed by atoms with Gasteiger partial charge in [-0.3, -0.25) is 9.59 Å². The Labute approximate surface area is 136 Å². The third kappa shape index (κ3) is 7.27. The molecule has 0 aromatic heterocycles. The van der Waals surface area contributed by atoms with Gasteiger partial charge in [-0.2, -0.15) is 0 Å². The fourth-order valence-corrected chi connectivity index (χ4v) is 1.75. The van der Waals surface area contributed by atoms with Crippen LogP contribution in [-0.2, 0) is 14.3 Å². The average Bonchev–Trinajstić information content (AvgIpc) is 2.49. The van der Waals surface area contributed by atoms with Gasteiger partial charge in [0.1, 0.15) is 12.4 Å². The number of aryl methyl sites for hydroxylation is 1. The lowest BCUT2D eigenvalue weighted by Crippen LogP contribution is -2.12. The first-order chi connectivity index (χ1) is 10.5. The Hall–Kier alpha value is -1.81. The molecular weight excluding hydrogens is 304 g/mol. The lowest BCUT2D eigenvalue weighted by molar-refractivity contribution is -0.145. The number of rotatable bonds is 8. The number of carbonyl (C=O) groups excluding carboxylic acids is 2. The third-order valence-electron chi connectivity index (χ3n) is 2.86. The zero-order valence-corrected chi connectivity index (χ0v) is 13.7. The van der Waals surface area contributed by atoms with Gasteiger partial charge in [0.05, 0.1) is 12.8 Å². The fraction of sp³-hybridized carbons (Fsp3) is 0.412. The molecule has 5 heteroatoms. The maximum absolute atomic E-state index is 11.7. The van der Waals surface area contributed by atoms with E-state index in [0.717, 1.165) is 18.4 Å². The van der Waals surface area contributed by atoms with Gasteiger partial charge in [-0.15, -0.1) is 0 Å². The van der Waals surface area contributed by atoms with Gasteiger partial charge in [0.25, 0.3) is 0 Å². The number of hydrogen-bond acceptors (Lipinski definition) is 4. The van der Waals surface area contributed by atoms with Gasteiger partial charge in [-0.1, -0.05) is 37.1 Å². The molecule has 0 aliphatic heterocycles. The van der Waals surface area contributed by atoms with Crippen molar-refractivity contribution in [2.45, 2.75) is 39.5 Å². The summed E-state index contributed by atoms with van der Waals surface area (Å²) in [5.41, 5.74) is 0.824. The molecule has 0 heterocycles. The van der Waals surface area contributed by atoms with Crippen molar-refractivity contribution < 1.29 is 19.1 Å². The Kier molecular flexibility index (Phi) is 8.30.